The summed E-state index contributed by atoms with van der Waals surface area (Å²) in [7, 11) is 0. The summed E-state index contributed by atoms with van der Waals surface area (Å²) in [5.41, 5.74) is 3.18. The average Bonchev–Trinajstić information content (AvgIpc) is 3.11. The highest BCUT2D eigenvalue weighted by Gasteiger charge is 2.17. The Kier molecular flexibility index (Phi) is 4.59. The molecule has 0 bridgehead atoms. The number of halogens is 3. The van der Waals surface area contributed by atoms with Gasteiger partial charge in [0, 0.05) is 30.3 Å². The third-order valence-electron chi connectivity index (χ3n) is 4.34. The van der Waals surface area contributed by atoms with Gasteiger partial charge in [0.2, 0.25) is 0 Å². The van der Waals surface area contributed by atoms with Gasteiger partial charge in [-0.05, 0) is 63.5 Å². The zero-order valence-corrected chi connectivity index (χ0v) is 15.3. The van der Waals surface area contributed by atoms with Gasteiger partial charge in [-0.2, -0.15) is 0 Å². The van der Waals surface area contributed by atoms with Crippen LogP contribution in [0.1, 0.15) is 11.1 Å². The van der Waals surface area contributed by atoms with Crippen molar-refractivity contribution in [3.63, 3.8) is 0 Å². The third-order valence-corrected chi connectivity index (χ3v) is 4.93. The van der Waals surface area contributed by atoms with Gasteiger partial charge in [-0.25, -0.2) is 13.8 Å². The second kappa shape index (κ2) is 7.03. The minimum atomic E-state index is -0.570. The molecule has 1 N–H and O–H groups in total. The van der Waals surface area contributed by atoms with E-state index in [-0.39, 0.29) is 12.1 Å². The lowest BCUT2D eigenvalue weighted by atomic mass is 10.0. The highest BCUT2D eigenvalue weighted by atomic mass is 79.9. The first-order valence-electron chi connectivity index (χ1n) is 8.20. The SMILES string of the molecule is Fc1cccc(F)c1CNc1ccc(-c2cc(Br)c3c(c2)CCO3)cn1. The summed E-state index contributed by atoms with van der Waals surface area (Å²) in [4.78, 5) is 4.35. The predicted octanol–water partition coefficient (Wildman–Crippen LogP) is 5.34. The molecule has 0 saturated heterocycles. The first-order chi connectivity index (χ1) is 12.6. The van der Waals surface area contributed by atoms with Crippen molar-refractivity contribution in [2.24, 2.45) is 0 Å². The van der Waals surface area contributed by atoms with E-state index in [0.29, 0.717) is 12.4 Å². The van der Waals surface area contributed by atoms with E-state index in [1.807, 2.05) is 12.1 Å². The molecule has 2 heterocycles. The molecular weight excluding hydrogens is 402 g/mol. The number of fused-ring (bicyclic) bond motifs is 1. The van der Waals surface area contributed by atoms with E-state index >= 15 is 0 Å². The van der Waals surface area contributed by atoms with Crippen LogP contribution in [0.2, 0.25) is 0 Å². The molecule has 1 aliphatic heterocycles. The molecule has 0 atom stereocenters. The molecule has 0 amide bonds. The van der Waals surface area contributed by atoms with Crippen molar-refractivity contribution in [3.05, 3.63) is 75.9 Å². The molecular formula is C20H15BrF2N2O. The number of ether oxygens (including phenoxy) is 1. The van der Waals surface area contributed by atoms with E-state index in [4.69, 9.17) is 4.74 Å². The second-order valence-electron chi connectivity index (χ2n) is 6.03. The van der Waals surface area contributed by atoms with E-state index in [1.165, 1.54) is 23.8 Å². The summed E-state index contributed by atoms with van der Waals surface area (Å²) in [5, 5.41) is 2.95. The molecule has 0 saturated carbocycles. The van der Waals surface area contributed by atoms with E-state index in [0.717, 1.165) is 27.8 Å². The van der Waals surface area contributed by atoms with Gasteiger partial charge in [-0.1, -0.05) is 6.07 Å². The average molecular weight is 417 g/mol. The topological polar surface area (TPSA) is 34.1 Å². The molecule has 0 radical (unpaired) electrons. The van der Waals surface area contributed by atoms with Crippen molar-refractivity contribution >= 4 is 21.7 Å². The van der Waals surface area contributed by atoms with Crippen molar-refractivity contribution in [1.29, 1.82) is 0 Å². The van der Waals surface area contributed by atoms with Crippen LogP contribution in [0.25, 0.3) is 11.1 Å². The maximum atomic E-state index is 13.7. The first kappa shape index (κ1) is 17.0. The number of nitrogens with zero attached hydrogens (tertiary/aromatic N) is 1. The Morgan fingerprint density at radius 3 is 2.62 bits per heavy atom. The third kappa shape index (κ3) is 3.29. The van der Waals surface area contributed by atoms with Gasteiger partial charge in [-0.3, -0.25) is 0 Å². The van der Waals surface area contributed by atoms with E-state index in [1.54, 1.807) is 12.3 Å². The van der Waals surface area contributed by atoms with Crippen molar-refractivity contribution in [2.75, 3.05) is 11.9 Å². The van der Waals surface area contributed by atoms with Gasteiger partial charge in [0.1, 0.15) is 23.2 Å². The summed E-state index contributed by atoms with van der Waals surface area (Å²) in [5.74, 6) is 0.325. The van der Waals surface area contributed by atoms with E-state index < -0.39 is 11.6 Å². The molecule has 3 nitrogen and oxygen atoms in total. The molecule has 3 aromatic rings. The van der Waals surface area contributed by atoms with Gasteiger partial charge in [0.25, 0.3) is 0 Å². The Morgan fingerprint density at radius 2 is 1.88 bits per heavy atom. The molecule has 6 heteroatoms. The summed E-state index contributed by atoms with van der Waals surface area (Å²) < 4.78 is 33.9. The lowest BCUT2D eigenvalue weighted by molar-refractivity contribution is 0.355. The van der Waals surface area contributed by atoms with Crippen LogP contribution in [0.4, 0.5) is 14.6 Å². The number of nitrogens with one attached hydrogen (secondary N) is 1. The van der Waals surface area contributed by atoms with Gasteiger partial charge in [0.15, 0.2) is 0 Å². The van der Waals surface area contributed by atoms with Gasteiger partial charge in [-0.15, -0.1) is 0 Å². The van der Waals surface area contributed by atoms with Crippen LogP contribution in [0, 0.1) is 11.6 Å². The normalized spacial score (nSPS) is 12.6. The number of hydrogen-bond acceptors (Lipinski definition) is 3. The monoisotopic (exact) mass is 416 g/mol. The van der Waals surface area contributed by atoms with Crippen molar-refractivity contribution in [1.82, 2.24) is 4.98 Å². The molecule has 1 aliphatic rings. The van der Waals surface area contributed by atoms with E-state index in [2.05, 4.69) is 32.3 Å². The highest BCUT2D eigenvalue weighted by Crippen LogP contribution is 2.37. The van der Waals surface area contributed by atoms with Gasteiger partial charge >= 0.3 is 0 Å². The smallest absolute Gasteiger partial charge is 0.136 e. The van der Waals surface area contributed by atoms with Crippen molar-refractivity contribution in [2.45, 2.75) is 13.0 Å². The van der Waals surface area contributed by atoms with Crippen LogP contribution in [-0.4, -0.2) is 11.6 Å². The molecule has 0 fully saturated rings. The molecule has 0 unspecified atom stereocenters. The maximum absolute atomic E-state index is 13.7. The van der Waals surface area contributed by atoms with Crippen LogP contribution in [0.15, 0.2) is 53.1 Å². The molecule has 2 aromatic carbocycles. The first-order valence-corrected chi connectivity index (χ1v) is 8.99. The fourth-order valence-electron chi connectivity index (χ4n) is 2.98. The minimum Gasteiger partial charge on any atom is -0.492 e. The van der Waals surface area contributed by atoms with Crippen LogP contribution in [0.3, 0.4) is 0 Å². The summed E-state index contributed by atoms with van der Waals surface area (Å²) in [6.45, 7) is 0.734. The number of pyridine rings is 1. The lowest BCUT2D eigenvalue weighted by Gasteiger charge is -2.10. The zero-order valence-electron chi connectivity index (χ0n) is 13.7. The summed E-state index contributed by atoms with van der Waals surface area (Å²) in [6, 6.07) is 11.7. The Bertz CT molecular complexity index is 941. The standard InChI is InChI=1S/C20H15BrF2N2O/c21-16-9-14(8-12-6-7-26-20(12)16)13-4-5-19(24-10-13)25-11-15-17(22)2-1-3-18(15)23/h1-5,8-10H,6-7,11H2,(H,24,25). The minimum absolute atomic E-state index is 0.000860. The number of rotatable bonds is 4. The van der Waals surface area contributed by atoms with Gasteiger partial charge < -0.3 is 10.1 Å². The molecule has 26 heavy (non-hydrogen) atoms. The number of aromatic nitrogens is 1. The Labute approximate surface area is 158 Å². The van der Waals surface area contributed by atoms with E-state index in [9.17, 15) is 8.78 Å². The highest BCUT2D eigenvalue weighted by molar-refractivity contribution is 9.10. The summed E-state index contributed by atoms with van der Waals surface area (Å²) >= 11 is 3.55. The fourth-order valence-corrected chi connectivity index (χ4v) is 3.59. The van der Waals surface area contributed by atoms with Crippen molar-refractivity contribution < 1.29 is 13.5 Å². The predicted molar refractivity (Wildman–Crippen MR) is 100 cm³/mol. The quantitative estimate of drug-likeness (QED) is 0.623. The molecule has 0 spiro atoms. The maximum Gasteiger partial charge on any atom is 0.136 e. The second-order valence-corrected chi connectivity index (χ2v) is 6.88. The fraction of sp³-hybridized carbons (Fsp3) is 0.150. The molecule has 4 rings (SSSR count). The number of anilines is 1. The Balaban J connectivity index is 1.52. The van der Waals surface area contributed by atoms with Crippen LogP contribution in [-0.2, 0) is 13.0 Å². The molecule has 132 valence electrons. The number of hydrogen-bond donors (Lipinski definition) is 1. The Morgan fingerprint density at radius 1 is 1.08 bits per heavy atom. The van der Waals surface area contributed by atoms with Crippen LogP contribution < -0.4 is 10.1 Å². The number of benzene rings is 2. The zero-order chi connectivity index (χ0) is 18.1. The van der Waals surface area contributed by atoms with Gasteiger partial charge in [0.05, 0.1) is 11.1 Å². The Hall–Kier alpha value is -2.47. The van der Waals surface area contributed by atoms with Crippen molar-refractivity contribution in [3.8, 4) is 16.9 Å². The molecule has 0 aliphatic carbocycles. The van der Waals surface area contributed by atoms with Crippen LogP contribution in [0.5, 0.6) is 5.75 Å². The molecule has 1 aromatic heterocycles. The van der Waals surface area contributed by atoms with Crippen LogP contribution >= 0.6 is 15.9 Å². The lowest BCUT2D eigenvalue weighted by Crippen LogP contribution is -2.05. The largest absolute Gasteiger partial charge is 0.492 e. The summed E-state index contributed by atoms with van der Waals surface area (Å²) in [6.07, 6.45) is 2.63.